The third-order valence-corrected chi connectivity index (χ3v) is 8.86. The van der Waals surface area contributed by atoms with Gasteiger partial charge in [0, 0.05) is 29.2 Å². The summed E-state index contributed by atoms with van der Waals surface area (Å²) in [5.41, 5.74) is 1.64. The summed E-state index contributed by atoms with van der Waals surface area (Å²) in [4.78, 5) is 44.6. The van der Waals surface area contributed by atoms with Crippen molar-refractivity contribution >= 4 is 57.4 Å². The van der Waals surface area contributed by atoms with Crippen LogP contribution >= 0.6 is 27.1 Å². The van der Waals surface area contributed by atoms with Crippen molar-refractivity contribution < 1.29 is 19.5 Å². The van der Waals surface area contributed by atoms with Crippen molar-refractivity contribution in [2.45, 2.75) is 44.5 Å². The molecule has 5 unspecified atom stereocenters. The van der Waals surface area contributed by atoms with Crippen molar-refractivity contribution in [1.29, 1.82) is 0 Å². The van der Waals surface area contributed by atoms with Gasteiger partial charge in [0.25, 0.3) is 11.8 Å². The minimum atomic E-state index is -0.940. The predicted octanol–water partition coefficient (Wildman–Crippen LogP) is 3.00. The molecular formula is C26H35N4O4P2S+. The van der Waals surface area contributed by atoms with Crippen molar-refractivity contribution in [3.63, 3.8) is 0 Å². The van der Waals surface area contributed by atoms with E-state index in [0.717, 1.165) is 25.1 Å². The molecule has 198 valence electrons. The number of hydrogen-bond acceptors (Lipinski definition) is 6. The molecule has 5 atom stereocenters. The molecule has 1 aromatic carbocycles. The Labute approximate surface area is 225 Å². The van der Waals surface area contributed by atoms with E-state index < -0.39 is 25.7 Å². The molecule has 0 radical (unpaired) electrons. The highest BCUT2D eigenvalue weighted by Crippen LogP contribution is 2.28. The lowest BCUT2D eigenvalue weighted by Crippen LogP contribution is -2.51. The number of benzene rings is 1. The molecule has 0 aliphatic carbocycles. The van der Waals surface area contributed by atoms with Gasteiger partial charge in [0.2, 0.25) is 5.91 Å². The number of carbonyl (C=O) groups is 3. The van der Waals surface area contributed by atoms with Crippen LogP contribution in [-0.4, -0.2) is 89.5 Å². The largest absolute Gasteiger partial charge is 0.389 e. The van der Waals surface area contributed by atoms with Crippen LogP contribution in [0.2, 0.25) is 0 Å². The Hall–Kier alpha value is -2.44. The van der Waals surface area contributed by atoms with Crippen LogP contribution in [0.1, 0.15) is 44.3 Å². The minimum Gasteiger partial charge on any atom is -0.389 e. The highest BCUT2D eigenvalue weighted by Gasteiger charge is 2.40. The lowest BCUT2D eigenvalue weighted by atomic mass is 9.96. The number of carbonyl (C=O) groups excluding carboxylic acids is 3. The van der Waals surface area contributed by atoms with Gasteiger partial charge in [0.05, 0.1) is 51.2 Å². The van der Waals surface area contributed by atoms with Gasteiger partial charge in [-0.1, -0.05) is 12.4 Å². The van der Waals surface area contributed by atoms with E-state index >= 15 is 0 Å². The maximum absolute atomic E-state index is 13.2. The third-order valence-electron chi connectivity index (χ3n) is 6.27. The first-order chi connectivity index (χ1) is 17.6. The number of aliphatic hydroxyl groups excluding tert-OH is 1. The summed E-state index contributed by atoms with van der Waals surface area (Å²) in [6.07, 6.45) is 9.38. The topological polar surface area (TPSA) is 112 Å². The Balaban J connectivity index is 1.69. The SMILES string of the molecule is C=PCCC(NC(=O)c1cccc(C(=O)N(C)Cc2nc(C)cs2)c1)C(O)C1CC(C[P+](=C)C)C(=O)N1. The molecule has 3 rings (SSSR count). The summed E-state index contributed by atoms with van der Waals surface area (Å²) in [6.45, 7) is 4.32. The molecule has 0 spiro atoms. The minimum absolute atomic E-state index is 0.0642. The van der Waals surface area contributed by atoms with E-state index in [2.05, 4.69) is 28.2 Å². The number of aliphatic hydroxyl groups is 1. The van der Waals surface area contributed by atoms with Crippen molar-refractivity contribution in [2.75, 3.05) is 26.0 Å². The van der Waals surface area contributed by atoms with Crippen LogP contribution in [0.15, 0.2) is 29.6 Å². The summed E-state index contributed by atoms with van der Waals surface area (Å²) in [5, 5.41) is 19.8. The second-order valence-corrected chi connectivity index (χ2v) is 13.4. The second kappa shape index (κ2) is 13.4. The Morgan fingerprint density at radius 1 is 1.41 bits per heavy atom. The van der Waals surface area contributed by atoms with E-state index in [1.165, 1.54) is 11.3 Å². The molecule has 1 saturated heterocycles. The lowest BCUT2D eigenvalue weighted by Gasteiger charge is -2.28. The molecule has 1 aromatic heterocycles. The fourth-order valence-electron chi connectivity index (χ4n) is 4.39. The molecule has 1 aliphatic rings. The lowest BCUT2D eigenvalue weighted by molar-refractivity contribution is -0.122. The normalized spacial score (nSPS) is 19.2. The number of aromatic nitrogens is 1. The number of aryl methyl sites for hydroxylation is 1. The fourth-order valence-corrected chi connectivity index (χ4v) is 6.74. The fraction of sp³-hybridized carbons (Fsp3) is 0.462. The van der Waals surface area contributed by atoms with Crippen LogP contribution in [0.25, 0.3) is 0 Å². The van der Waals surface area contributed by atoms with Gasteiger partial charge < -0.3 is 20.6 Å². The van der Waals surface area contributed by atoms with Crippen LogP contribution in [0.3, 0.4) is 0 Å². The van der Waals surface area contributed by atoms with Gasteiger partial charge in [-0.25, -0.2) is 4.98 Å². The smallest absolute Gasteiger partial charge is 0.253 e. The summed E-state index contributed by atoms with van der Waals surface area (Å²) >= 11 is 1.50. The van der Waals surface area contributed by atoms with Gasteiger partial charge in [-0.3, -0.25) is 14.4 Å². The Bertz CT molecular complexity index is 1170. The van der Waals surface area contributed by atoms with Crippen LogP contribution in [-0.2, 0) is 11.3 Å². The zero-order valence-electron chi connectivity index (χ0n) is 21.5. The first-order valence-corrected chi connectivity index (χ1v) is 16.4. The van der Waals surface area contributed by atoms with Crippen molar-refractivity contribution in [3.8, 4) is 0 Å². The van der Waals surface area contributed by atoms with E-state index in [1.54, 1.807) is 36.2 Å². The number of thiazole rings is 1. The predicted molar refractivity (Wildman–Crippen MR) is 155 cm³/mol. The van der Waals surface area contributed by atoms with E-state index in [1.807, 2.05) is 19.0 Å². The molecule has 11 heteroatoms. The highest BCUT2D eigenvalue weighted by molar-refractivity contribution is 7.55. The number of amides is 3. The van der Waals surface area contributed by atoms with E-state index in [-0.39, 0.29) is 23.6 Å². The van der Waals surface area contributed by atoms with Crippen molar-refractivity contribution in [3.05, 3.63) is 51.5 Å². The first kappa shape index (κ1) is 29.1. The van der Waals surface area contributed by atoms with Gasteiger partial charge >= 0.3 is 0 Å². The standard InChI is InChI=1S/C26H34N4O4P2S/c1-16-15-37-22(27-16)13-30(2)26(34)18-8-6-7-17(11-18)24(32)28-20(9-10-35-3)23(31)21-12-19(14-36(4)5)25(33)29-21/h6-8,11,15,19-21,23,31H,3-4,9-10,12-14H2,1-2,5H3,(H-,28,29,32,33)/p+1. The molecule has 1 fully saturated rings. The number of nitrogens with one attached hydrogen (secondary N) is 2. The average Bonchev–Trinajstić information content (AvgIpc) is 3.44. The van der Waals surface area contributed by atoms with Gasteiger partial charge in [0.15, 0.2) is 0 Å². The van der Waals surface area contributed by atoms with Crippen LogP contribution < -0.4 is 10.6 Å². The van der Waals surface area contributed by atoms with Crippen LogP contribution in [0.5, 0.6) is 0 Å². The summed E-state index contributed by atoms with van der Waals surface area (Å²) in [7, 11) is 2.13. The summed E-state index contributed by atoms with van der Waals surface area (Å²) in [5.74, 6) is -0.821. The zero-order valence-corrected chi connectivity index (χ0v) is 24.1. The molecule has 0 bridgehead atoms. The van der Waals surface area contributed by atoms with E-state index in [4.69, 9.17) is 0 Å². The summed E-state index contributed by atoms with van der Waals surface area (Å²) in [6, 6.07) is 5.56. The van der Waals surface area contributed by atoms with E-state index in [0.29, 0.717) is 36.7 Å². The number of rotatable bonds is 12. The molecule has 3 amide bonds. The Morgan fingerprint density at radius 2 is 2.14 bits per heavy atom. The molecule has 2 heterocycles. The van der Waals surface area contributed by atoms with Crippen LogP contribution in [0, 0.1) is 12.8 Å². The molecule has 3 N–H and O–H groups in total. The molecule has 2 aromatic rings. The summed E-state index contributed by atoms with van der Waals surface area (Å²) < 4.78 is 0. The second-order valence-electron chi connectivity index (χ2n) is 9.52. The van der Waals surface area contributed by atoms with E-state index in [9.17, 15) is 19.5 Å². The third kappa shape index (κ3) is 8.02. The molecule has 37 heavy (non-hydrogen) atoms. The highest BCUT2D eigenvalue weighted by atomic mass is 32.1. The van der Waals surface area contributed by atoms with Crippen LogP contribution in [0.4, 0.5) is 0 Å². The molecule has 8 nitrogen and oxygen atoms in total. The van der Waals surface area contributed by atoms with Crippen molar-refractivity contribution in [2.24, 2.45) is 5.92 Å². The molecule has 1 aliphatic heterocycles. The quantitative estimate of drug-likeness (QED) is 0.345. The first-order valence-electron chi connectivity index (χ1n) is 12.1. The molecular weight excluding hydrogens is 526 g/mol. The molecule has 0 saturated carbocycles. The number of nitrogens with zero attached hydrogens (tertiary/aromatic N) is 2. The number of hydrogen-bond donors (Lipinski definition) is 3. The van der Waals surface area contributed by atoms with Crippen molar-refractivity contribution in [1.82, 2.24) is 20.5 Å². The monoisotopic (exact) mass is 561 g/mol. The van der Waals surface area contributed by atoms with Gasteiger partial charge in [-0.05, 0) is 44.1 Å². The van der Waals surface area contributed by atoms with Gasteiger partial charge in [-0.2, -0.15) is 0 Å². The van der Waals surface area contributed by atoms with Gasteiger partial charge in [-0.15, -0.1) is 19.5 Å². The maximum Gasteiger partial charge on any atom is 0.253 e. The van der Waals surface area contributed by atoms with Gasteiger partial charge in [0.1, 0.15) is 11.2 Å². The Morgan fingerprint density at radius 3 is 2.78 bits per heavy atom. The average molecular weight is 562 g/mol. The Kier molecular flexibility index (Phi) is 10.5. The maximum atomic E-state index is 13.2. The zero-order chi connectivity index (χ0) is 27.1.